The number of ether oxygens (including phenoxy) is 2. The number of hydrogen-bond acceptors (Lipinski definition) is 4. The third kappa shape index (κ3) is 4.82. The number of benzene rings is 2. The predicted molar refractivity (Wildman–Crippen MR) is 115 cm³/mol. The summed E-state index contributed by atoms with van der Waals surface area (Å²) in [5.74, 6) is 1.95. The Kier molecular flexibility index (Phi) is 6.64. The number of methoxy groups -OCH3 is 1. The Bertz CT molecular complexity index is 1010. The second kappa shape index (κ2) is 9.18. The van der Waals surface area contributed by atoms with Gasteiger partial charge in [0.05, 0.1) is 29.8 Å². The number of rotatable bonds is 8. The Morgan fingerprint density at radius 3 is 2.76 bits per heavy atom. The molecule has 1 heterocycles. The molecule has 0 saturated carbocycles. The number of carbonyl (C=O) groups excluding carboxylic acids is 1. The van der Waals surface area contributed by atoms with Crippen LogP contribution >= 0.6 is 11.6 Å². The van der Waals surface area contributed by atoms with E-state index in [4.69, 9.17) is 21.1 Å². The van der Waals surface area contributed by atoms with E-state index in [9.17, 15) is 4.79 Å². The van der Waals surface area contributed by atoms with Gasteiger partial charge in [0, 0.05) is 18.7 Å². The Labute approximate surface area is 175 Å². The van der Waals surface area contributed by atoms with E-state index in [2.05, 4.69) is 14.9 Å². The average molecular weight is 416 g/mol. The lowest BCUT2D eigenvalue weighted by molar-refractivity contribution is 0.0952. The summed E-state index contributed by atoms with van der Waals surface area (Å²) in [7, 11) is 1.53. The first-order valence-electron chi connectivity index (χ1n) is 9.61. The van der Waals surface area contributed by atoms with Gasteiger partial charge in [-0.25, -0.2) is 4.98 Å². The van der Waals surface area contributed by atoms with E-state index in [0.29, 0.717) is 47.7 Å². The number of hydrogen-bond donors (Lipinski definition) is 1. The smallest absolute Gasteiger partial charge is 0.251 e. The molecule has 2 aromatic carbocycles. The van der Waals surface area contributed by atoms with E-state index in [0.717, 1.165) is 16.9 Å². The van der Waals surface area contributed by atoms with E-state index in [1.807, 2.05) is 45.0 Å². The van der Waals surface area contributed by atoms with Crippen molar-refractivity contribution in [3.8, 4) is 11.5 Å². The van der Waals surface area contributed by atoms with Crippen LogP contribution in [-0.4, -0.2) is 35.7 Å². The van der Waals surface area contributed by atoms with Gasteiger partial charge in [0.15, 0.2) is 11.5 Å². The van der Waals surface area contributed by atoms with Crippen molar-refractivity contribution in [1.82, 2.24) is 14.9 Å². The van der Waals surface area contributed by atoms with Gasteiger partial charge < -0.3 is 19.4 Å². The molecule has 0 fully saturated rings. The zero-order valence-corrected chi connectivity index (χ0v) is 17.9. The number of fused-ring (bicyclic) bond motifs is 1. The van der Waals surface area contributed by atoms with E-state index < -0.39 is 0 Å². The van der Waals surface area contributed by atoms with Crippen molar-refractivity contribution in [3.63, 3.8) is 0 Å². The summed E-state index contributed by atoms with van der Waals surface area (Å²) >= 11 is 6.34. The lowest BCUT2D eigenvalue weighted by Crippen LogP contribution is -2.27. The topological polar surface area (TPSA) is 65.4 Å². The molecular weight excluding hydrogens is 390 g/mol. The van der Waals surface area contributed by atoms with Crippen LogP contribution in [0.2, 0.25) is 5.02 Å². The van der Waals surface area contributed by atoms with Crippen molar-refractivity contribution in [2.75, 3.05) is 20.3 Å². The number of imidazole rings is 1. The predicted octanol–water partition coefficient (Wildman–Crippen LogP) is 4.47. The van der Waals surface area contributed by atoms with Gasteiger partial charge in [-0.1, -0.05) is 37.6 Å². The van der Waals surface area contributed by atoms with Crippen LogP contribution in [0.4, 0.5) is 0 Å². The summed E-state index contributed by atoms with van der Waals surface area (Å²) in [5, 5.41) is 3.29. The monoisotopic (exact) mass is 415 g/mol. The third-order valence-electron chi connectivity index (χ3n) is 4.52. The van der Waals surface area contributed by atoms with Crippen LogP contribution in [0.3, 0.4) is 0 Å². The van der Waals surface area contributed by atoms with Gasteiger partial charge in [-0.05, 0) is 37.1 Å². The minimum absolute atomic E-state index is 0.220. The summed E-state index contributed by atoms with van der Waals surface area (Å²) in [6.45, 7) is 7.66. The van der Waals surface area contributed by atoms with Gasteiger partial charge in [-0.3, -0.25) is 4.79 Å². The van der Waals surface area contributed by atoms with Crippen LogP contribution in [0.1, 0.15) is 30.0 Å². The molecule has 3 aromatic rings. The van der Waals surface area contributed by atoms with Crippen LogP contribution in [0, 0.1) is 12.8 Å². The first-order chi connectivity index (χ1) is 13.9. The number of carbonyl (C=O) groups is 1. The fourth-order valence-corrected chi connectivity index (χ4v) is 3.37. The molecule has 0 aliphatic carbocycles. The Morgan fingerprint density at radius 2 is 2.03 bits per heavy atom. The number of nitrogens with one attached hydrogen (secondary N) is 1. The highest BCUT2D eigenvalue weighted by molar-refractivity contribution is 6.32. The highest BCUT2D eigenvalue weighted by Crippen LogP contribution is 2.36. The van der Waals surface area contributed by atoms with Gasteiger partial charge in [0.2, 0.25) is 0 Å². The van der Waals surface area contributed by atoms with E-state index in [1.165, 1.54) is 7.11 Å². The maximum Gasteiger partial charge on any atom is 0.251 e. The summed E-state index contributed by atoms with van der Waals surface area (Å²) in [6.07, 6.45) is 0. The number of aryl methyl sites for hydroxylation is 1. The fourth-order valence-electron chi connectivity index (χ4n) is 3.10. The molecule has 0 atom stereocenters. The van der Waals surface area contributed by atoms with Crippen LogP contribution in [0.25, 0.3) is 11.0 Å². The fraction of sp³-hybridized carbons (Fsp3) is 0.364. The molecule has 0 spiro atoms. The quantitative estimate of drug-likeness (QED) is 0.589. The Hall–Kier alpha value is -2.73. The Balaban J connectivity index is 1.69. The molecule has 1 aromatic heterocycles. The van der Waals surface area contributed by atoms with E-state index in [1.54, 1.807) is 12.1 Å². The number of halogens is 1. The highest BCUT2D eigenvalue weighted by Gasteiger charge is 2.16. The maximum absolute atomic E-state index is 12.6. The third-order valence-corrected chi connectivity index (χ3v) is 4.80. The molecule has 0 aliphatic rings. The van der Waals surface area contributed by atoms with Crippen molar-refractivity contribution in [1.29, 1.82) is 0 Å². The number of para-hydroxylation sites is 2. The SMILES string of the molecule is COc1cc(C(=O)NCCn2c(C)nc3ccccc32)cc(Cl)c1OCC(C)C. The van der Waals surface area contributed by atoms with E-state index in [-0.39, 0.29) is 5.91 Å². The molecule has 0 bridgehead atoms. The normalized spacial score (nSPS) is 11.1. The zero-order valence-electron chi connectivity index (χ0n) is 17.2. The molecule has 0 aliphatic heterocycles. The maximum atomic E-state index is 12.6. The minimum Gasteiger partial charge on any atom is -0.493 e. The van der Waals surface area contributed by atoms with Crippen molar-refractivity contribution in [2.24, 2.45) is 5.92 Å². The molecule has 3 rings (SSSR count). The summed E-state index contributed by atoms with van der Waals surface area (Å²) < 4.78 is 13.2. The van der Waals surface area contributed by atoms with Crippen LogP contribution < -0.4 is 14.8 Å². The zero-order chi connectivity index (χ0) is 21.0. The van der Waals surface area contributed by atoms with Crippen molar-refractivity contribution >= 4 is 28.5 Å². The van der Waals surface area contributed by atoms with Gasteiger partial charge in [-0.15, -0.1) is 0 Å². The molecule has 0 radical (unpaired) electrons. The standard InChI is InChI=1S/C22H26ClN3O3/c1-14(2)13-29-21-17(23)11-16(12-20(21)28-4)22(27)24-9-10-26-15(3)25-18-7-5-6-8-19(18)26/h5-8,11-12,14H,9-10,13H2,1-4H3,(H,24,27). The van der Waals surface area contributed by atoms with Crippen LogP contribution in [0.5, 0.6) is 11.5 Å². The van der Waals surface area contributed by atoms with Crippen molar-refractivity contribution in [2.45, 2.75) is 27.3 Å². The first-order valence-corrected chi connectivity index (χ1v) is 9.99. The lowest BCUT2D eigenvalue weighted by Gasteiger charge is -2.15. The van der Waals surface area contributed by atoms with Crippen molar-refractivity contribution < 1.29 is 14.3 Å². The van der Waals surface area contributed by atoms with Crippen molar-refractivity contribution in [3.05, 3.63) is 52.8 Å². The van der Waals surface area contributed by atoms with Gasteiger partial charge in [0.1, 0.15) is 5.82 Å². The molecule has 0 unspecified atom stereocenters. The average Bonchev–Trinajstić information content (AvgIpc) is 3.01. The summed E-state index contributed by atoms with van der Waals surface area (Å²) in [5.41, 5.74) is 2.43. The molecule has 0 saturated heterocycles. The molecule has 29 heavy (non-hydrogen) atoms. The van der Waals surface area contributed by atoms with Gasteiger partial charge in [-0.2, -0.15) is 0 Å². The van der Waals surface area contributed by atoms with E-state index >= 15 is 0 Å². The van der Waals surface area contributed by atoms with Crippen LogP contribution in [-0.2, 0) is 6.54 Å². The largest absolute Gasteiger partial charge is 0.493 e. The molecule has 154 valence electrons. The lowest BCUT2D eigenvalue weighted by atomic mass is 10.2. The molecular formula is C22H26ClN3O3. The highest BCUT2D eigenvalue weighted by atomic mass is 35.5. The number of nitrogens with zero attached hydrogens (tertiary/aromatic N) is 2. The van der Waals surface area contributed by atoms with Gasteiger partial charge in [0.25, 0.3) is 5.91 Å². The Morgan fingerprint density at radius 1 is 1.28 bits per heavy atom. The molecule has 1 amide bonds. The number of aromatic nitrogens is 2. The summed E-state index contributed by atoms with van der Waals surface area (Å²) in [4.78, 5) is 17.2. The second-order valence-corrected chi connectivity index (χ2v) is 7.66. The molecule has 7 heteroatoms. The molecule has 6 nitrogen and oxygen atoms in total. The summed E-state index contributed by atoms with van der Waals surface area (Å²) in [6, 6.07) is 11.2. The first kappa shape index (κ1) is 21.0. The number of amides is 1. The van der Waals surface area contributed by atoms with Gasteiger partial charge >= 0.3 is 0 Å². The second-order valence-electron chi connectivity index (χ2n) is 7.25. The minimum atomic E-state index is -0.220. The van der Waals surface area contributed by atoms with Crippen LogP contribution in [0.15, 0.2) is 36.4 Å². The molecule has 1 N–H and O–H groups in total.